The van der Waals surface area contributed by atoms with E-state index in [-0.39, 0.29) is 85.1 Å². The van der Waals surface area contributed by atoms with Gasteiger partial charge in [0.15, 0.2) is 0 Å². The Kier molecular flexibility index (Phi) is 12.2. The molecule has 4 aliphatic carbocycles. The molecule has 0 aromatic rings. The Labute approximate surface area is 350 Å². The second kappa shape index (κ2) is 16.9. The van der Waals surface area contributed by atoms with E-state index in [0.717, 1.165) is 70.9 Å². The summed E-state index contributed by atoms with van der Waals surface area (Å²) in [7, 11) is 0. The summed E-state index contributed by atoms with van der Waals surface area (Å²) in [6, 6.07) is 0. The van der Waals surface area contributed by atoms with Crippen molar-refractivity contribution in [3.8, 4) is 0 Å². The Balaban J connectivity index is 1.29. The first-order valence-electron chi connectivity index (χ1n) is 23.6. The summed E-state index contributed by atoms with van der Waals surface area (Å²) in [5, 5.41) is 53.7. The van der Waals surface area contributed by atoms with E-state index in [9.17, 15) is 30.0 Å². The Morgan fingerprint density at radius 2 is 1.61 bits per heavy atom. The van der Waals surface area contributed by atoms with Crippen molar-refractivity contribution in [2.45, 2.75) is 152 Å². The van der Waals surface area contributed by atoms with Gasteiger partial charge in [0.2, 0.25) is 0 Å². The second-order valence-electron chi connectivity index (χ2n) is 21.1. The maximum atomic E-state index is 14.4. The largest absolute Gasteiger partial charge is 0.456 e. The van der Waals surface area contributed by atoms with Crippen molar-refractivity contribution in [1.29, 1.82) is 0 Å². The van der Waals surface area contributed by atoms with Crippen LogP contribution in [0.25, 0.3) is 0 Å². The van der Waals surface area contributed by atoms with E-state index < -0.39 is 65.9 Å². The number of nitrogens with two attached hydrogens (primary N) is 2. The summed E-state index contributed by atoms with van der Waals surface area (Å²) in [4.78, 5) is 28.4. The van der Waals surface area contributed by atoms with Gasteiger partial charge in [-0.05, 0) is 170 Å². The number of ketones is 1. The molecule has 0 aromatic carbocycles. The smallest absolute Gasteiger partial charge is 0.333 e. The Morgan fingerprint density at radius 1 is 0.847 bits per heavy atom. The van der Waals surface area contributed by atoms with Gasteiger partial charge in [-0.3, -0.25) is 4.79 Å². The number of hydrogen-bond donors (Lipinski definition) is 8. The molecular weight excluding hydrogens is 753 g/mol. The van der Waals surface area contributed by atoms with Gasteiger partial charge < -0.3 is 56.7 Å². The normalized spacial score (nSPS) is 53.7. The summed E-state index contributed by atoms with van der Waals surface area (Å²) >= 11 is 0. The van der Waals surface area contributed by atoms with Crippen molar-refractivity contribution >= 4 is 11.8 Å². The number of aliphatic hydroxyl groups excluding tert-OH is 4. The number of esters is 1. The van der Waals surface area contributed by atoms with Gasteiger partial charge in [0.1, 0.15) is 17.5 Å². The average Bonchev–Trinajstić information content (AvgIpc) is 3.37. The number of hydrogen-bond acceptors (Lipinski definition) is 13. The molecule has 9 fully saturated rings. The number of rotatable bonds is 4. The van der Waals surface area contributed by atoms with Gasteiger partial charge >= 0.3 is 5.97 Å². The van der Waals surface area contributed by atoms with Crippen LogP contribution in [0.1, 0.15) is 97.8 Å². The van der Waals surface area contributed by atoms with Crippen molar-refractivity contribution in [2.75, 3.05) is 26.3 Å². The predicted molar refractivity (Wildman–Crippen MR) is 219 cm³/mol. The maximum absolute atomic E-state index is 14.4. The van der Waals surface area contributed by atoms with Gasteiger partial charge in [-0.25, -0.2) is 4.79 Å². The first-order valence-corrected chi connectivity index (χ1v) is 23.6. The Bertz CT molecular complexity index is 1580. The zero-order chi connectivity index (χ0) is 41.5. The fourth-order valence-electron chi connectivity index (χ4n) is 15.9. The number of nitrogens with one attached hydrogen (secondary N) is 2. The van der Waals surface area contributed by atoms with Gasteiger partial charge in [-0.1, -0.05) is 6.08 Å². The van der Waals surface area contributed by atoms with Crippen molar-refractivity contribution in [3.05, 3.63) is 11.6 Å². The van der Waals surface area contributed by atoms with E-state index in [2.05, 4.69) is 17.6 Å². The third kappa shape index (κ3) is 7.31. The third-order valence-electron chi connectivity index (χ3n) is 18.7. The molecule has 0 amide bonds. The van der Waals surface area contributed by atoms with E-state index in [1.165, 1.54) is 0 Å². The summed E-state index contributed by atoms with van der Waals surface area (Å²) in [5.74, 6) is -1.25. The topological polar surface area (TPSA) is 219 Å². The molecule has 19 unspecified atom stereocenters. The van der Waals surface area contributed by atoms with E-state index in [4.69, 9.17) is 25.7 Å². The quantitative estimate of drug-likeness (QED) is 0.151. The highest BCUT2D eigenvalue weighted by Gasteiger charge is 2.68. The minimum atomic E-state index is -1.12. The third-order valence-corrected chi connectivity index (χ3v) is 18.7. The fraction of sp³-hybridized carbons (Fsp3) is 0.913. The molecule has 5 heterocycles. The monoisotopic (exact) mass is 827 g/mol. The summed E-state index contributed by atoms with van der Waals surface area (Å²) in [5.41, 5.74) is 13.6. The molecule has 0 radical (unpaired) electrons. The molecule has 13 heteroatoms. The van der Waals surface area contributed by atoms with E-state index >= 15 is 0 Å². The molecule has 5 aliphatic heterocycles. The van der Waals surface area contributed by atoms with Crippen LogP contribution in [-0.4, -0.2) is 113 Å². The molecule has 9 rings (SSSR count). The molecule has 0 aromatic heterocycles. The number of Topliss-reactive ketones (excluding diaryl/α,β-unsaturated/α-hetero) is 1. The molecule has 4 bridgehead atoms. The summed E-state index contributed by atoms with van der Waals surface area (Å²) in [6.45, 7) is 6.92. The first kappa shape index (κ1) is 42.8. The number of ether oxygens (including phenoxy) is 3. The number of fused-ring (bicyclic) bond motifs is 9. The van der Waals surface area contributed by atoms with Crippen molar-refractivity contribution < 1.29 is 44.2 Å². The zero-order valence-electron chi connectivity index (χ0n) is 35.6. The van der Waals surface area contributed by atoms with Crippen LogP contribution in [0, 0.1) is 82.9 Å². The minimum Gasteiger partial charge on any atom is -0.456 e. The van der Waals surface area contributed by atoms with Crippen molar-refractivity contribution in [1.82, 2.24) is 10.6 Å². The highest BCUT2D eigenvalue weighted by molar-refractivity contribution is 5.87. The molecule has 13 nitrogen and oxygen atoms in total. The van der Waals surface area contributed by atoms with Gasteiger partial charge in [0, 0.05) is 30.4 Å². The van der Waals surface area contributed by atoms with Crippen LogP contribution in [0.2, 0.25) is 0 Å². The van der Waals surface area contributed by atoms with E-state index in [1.54, 1.807) is 13.0 Å². The zero-order valence-corrected chi connectivity index (χ0v) is 35.6. The number of allylic oxidation sites excluding steroid dienone is 1. The average molecular weight is 827 g/mol. The van der Waals surface area contributed by atoms with Crippen LogP contribution in [-0.2, 0) is 23.8 Å². The minimum absolute atomic E-state index is 0.00815. The lowest BCUT2D eigenvalue weighted by Gasteiger charge is -2.64. The number of carbonyl (C=O) groups excluding carboxylic acids is 2. The highest BCUT2D eigenvalue weighted by atomic mass is 16.6. The highest BCUT2D eigenvalue weighted by Crippen LogP contribution is 2.63. The molecule has 59 heavy (non-hydrogen) atoms. The standard InChI is InChI=1S/C46H74N4O9/c1-4-21(2)45(56)58-35-17-31-41(55)39-34(54)16-26(19-51)57-43(39)40-37-29-11-12-49-44(48)38(29)28(10-6-22-5-8-25(53)15-30(22)32(37)20-52)27-9-7-23-14-36(47)50-18-24(23)13-33(27)46(35,3)59-42(31)40/h4,22-33,35-44,49-53,55H,5-20,47-48H2,1-3H3/t22?,23?,24?,25?,26?,27-,28?,29?,30?,31?,32?,33+,35-,36?,37?,38?,39?,40?,41?,42?,43?,44?,46-/m0/s1. The number of piperidine rings is 2. The molecule has 23 atom stereocenters. The molecule has 5 saturated heterocycles. The SMILES string of the molecule is CC=C(C)C(=O)O[C@H]1CC2C(O)C3C(=O)CC(CO)OC3C3C2O[C@@]1(C)[C@@H]1CC2CNC(N)CC2CC[C@H]1C1CCC2CCC(O)CC2C(CO)C3C2CCNC(N)C21. The summed E-state index contributed by atoms with van der Waals surface area (Å²) in [6.07, 6.45) is 6.27. The van der Waals surface area contributed by atoms with Crippen molar-refractivity contribution in [3.63, 3.8) is 0 Å². The molecule has 0 spiro atoms. The summed E-state index contributed by atoms with van der Waals surface area (Å²) < 4.78 is 21.5. The lowest BCUT2D eigenvalue weighted by Crippen LogP contribution is -2.72. The predicted octanol–water partition coefficient (Wildman–Crippen LogP) is 2.22. The maximum Gasteiger partial charge on any atom is 0.333 e. The Morgan fingerprint density at radius 3 is 2.37 bits per heavy atom. The van der Waals surface area contributed by atoms with Crippen LogP contribution in [0.3, 0.4) is 0 Å². The van der Waals surface area contributed by atoms with E-state index in [1.807, 2.05) is 6.92 Å². The first-order chi connectivity index (χ1) is 28.4. The lowest BCUT2D eigenvalue weighted by atomic mass is 9.49. The Hall–Kier alpha value is -1.52. The van der Waals surface area contributed by atoms with Crippen LogP contribution in [0.15, 0.2) is 11.6 Å². The van der Waals surface area contributed by atoms with Gasteiger partial charge in [0.25, 0.3) is 0 Å². The van der Waals surface area contributed by atoms with Crippen LogP contribution >= 0.6 is 0 Å². The van der Waals surface area contributed by atoms with Crippen LogP contribution in [0.4, 0.5) is 0 Å². The molecule has 9 aliphatic rings. The van der Waals surface area contributed by atoms with Crippen molar-refractivity contribution in [2.24, 2.45) is 94.3 Å². The fourth-order valence-corrected chi connectivity index (χ4v) is 15.9. The van der Waals surface area contributed by atoms with E-state index in [0.29, 0.717) is 36.2 Å². The molecular formula is C46H74N4O9. The van der Waals surface area contributed by atoms with Gasteiger partial charge in [-0.15, -0.1) is 0 Å². The second-order valence-corrected chi connectivity index (χ2v) is 21.1. The number of aliphatic hydroxyl groups is 4. The molecule has 4 saturated carbocycles. The lowest BCUT2D eigenvalue weighted by molar-refractivity contribution is -0.315. The molecule has 332 valence electrons. The number of carbonyl (C=O) groups is 2. The van der Waals surface area contributed by atoms with Gasteiger partial charge in [-0.2, -0.15) is 0 Å². The van der Waals surface area contributed by atoms with Crippen LogP contribution in [0.5, 0.6) is 0 Å². The van der Waals surface area contributed by atoms with Gasteiger partial charge in [0.05, 0.1) is 55.4 Å². The molecule has 10 N–H and O–H groups in total. The van der Waals surface area contributed by atoms with Crippen LogP contribution < -0.4 is 22.1 Å².